The molecule has 0 fully saturated rings. The standard InChI is InChI=1S/C15H24BrN/c1-3-17(4-2)12-8-11-15(13-16)14-9-6-5-7-10-14/h5-7,9-10,15H,3-4,8,11-13H2,1-2H3. The predicted octanol–water partition coefficient (Wildman–Crippen LogP) is 4.29. The molecule has 0 aromatic heterocycles. The number of alkyl halides is 1. The molecule has 17 heavy (non-hydrogen) atoms. The van der Waals surface area contributed by atoms with Gasteiger partial charge in [0, 0.05) is 5.33 Å². The average molecular weight is 298 g/mol. The molecular weight excluding hydrogens is 274 g/mol. The highest BCUT2D eigenvalue weighted by Gasteiger charge is 2.09. The third kappa shape index (κ3) is 5.22. The van der Waals surface area contributed by atoms with Crippen molar-refractivity contribution in [3.8, 4) is 0 Å². The first-order valence-electron chi connectivity index (χ1n) is 6.65. The fraction of sp³-hybridized carbons (Fsp3) is 0.600. The molecule has 2 heteroatoms. The second-order valence-electron chi connectivity index (χ2n) is 4.43. The summed E-state index contributed by atoms with van der Waals surface area (Å²) in [6, 6.07) is 10.8. The number of nitrogens with zero attached hydrogens (tertiary/aromatic N) is 1. The van der Waals surface area contributed by atoms with Crippen LogP contribution >= 0.6 is 15.9 Å². The third-order valence-corrected chi connectivity index (χ3v) is 4.16. The van der Waals surface area contributed by atoms with Gasteiger partial charge in [-0.05, 0) is 44.0 Å². The topological polar surface area (TPSA) is 3.24 Å². The van der Waals surface area contributed by atoms with E-state index in [1.807, 2.05) is 0 Å². The number of rotatable bonds is 8. The number of hydrogen-bond acceptors (Lipinski definition) is 1. The molecule has 0 radical (unpaired) electrons. The lowest BCUT2D eigenvalue weighted by atomic mass is 9.96. The minimum Gasteiger partial charge on any atom is -0.304 e. The van der Waals surface area contributed by atoms with Crippen molar-refractivity contribution in [3.63, 3.8) is 0 Å². The van der Waals surface area contributed by atoms with Crippen LogP contribution in [0.15, 0.2) is 30.3 Å². The van der Waals surface area contributed by atoms with Crippen LogP contribution in [-0.2, 0) is 0 Å². The molecule has 0 saturated heterocycles. The van der Waals surface area contributed by atoms with Crippen LogP contribution in [-0.4, -0.2) is 29.9 Å². The van der Waals surface area contributed by atoms with Gasteiger partial charge in [-0.25, -0.2) is 0 Å². The summed E-state index contributed by atoms with van der Waals surface area (Å²) >= 11 is 3.64. The van der Waals surface area contributed by atoms with Gasteiger partial charge in [0.05, 0.1) is 0 Å². The fourth-order valence-corrected chi connectivity index (χ4v) is 2.86. The van der Waals surface area contributed by atoms with E-state index in [0.717, 1.165) is 5.33 Å². The SMILES string of the molecule is CCN(CC)CCCC(CBr)c1ccccc1. The summed E-state index contributed by atoms with van der Waals surface area (Å²) < 4.78 is 0. The van der Waals surface area contributed by atoms with Gasteiger partial charge in [0.15, 0.2) is 0 Å². The molecule has 0 aliphatic carbocycles. The van der Waals surface area contributed by atoms with Crippen LogP contribution in [0.4, 0.5) is 0 Å². The zero-order chi connectivity index (χ0) is 12.5. The maximum Gasteiger partial charge on any atom is 0.0100 e. The van der Waals surface area contributed by atoms with Crippen LogP contribution in [0.2, 0.25) is 0 Å². The molecule has 0 aliphatic rings. The highest BCUT2D eigenvalue weighted by Crippen LogP contribution is 2.23. The largest absolute Gasteiger partial charge is 0.304 e. The van der Waals surface area contributed by atoms with E-state index in [0.29, 0.717) is 5.92 Å². The van der Waals surface area contributed by atoms with Crippen molar-refractivity contribution in [3.05, 3.63) is 35.9 Å². The van der Waals surface area contributed by atoms with E-state index < -0.39 is 0 Å². The molecule has 0 amide bonds. The number of hydrogen-bond donors (Lipinski definition) is 0. The van der Waals surface area contributed by atoms with Crippen molar-refractivity contribution in [2.45, 2.75) is 32.6 Å². The van der Waals surface area contributed by atoms with Crippen LogP contribution in [0.5, 0.6) is 0 Å². The maximum absolute atomic E-state index is 3.64. The molecule has 1 aromatic carbocycles. The van der Waals surface area contributed by atoms with Gasteiger partial charge >= 0.3 is 0 Å². The van der Waals surface area contributed by atoms with E-state index in [9.17, 15) is 0 Å². The maximum atomic E-state index is 3.64. The van der Waals surface area contributed by atoms with E-state index in [4.69, 9.17) is 0 Å². The van der Waals surface area contributed by atoms with Crippen molar-refractivity contribution in [2.24, 2.45) is 0 Å². The van der Waals surface area contributed by atoms with Gasteiger partial charge < -0.3 is 4.90 Å². The molecule has 0 bridgehead atoms. The minimum absolute atomic E-state index is 0.659. The summed E-state index contributed by atoms with van der Waals surface area (Å²) in [4.78, 5) is 2.50. The number of halogens is 1. The lowest BCUT2D eigenvalue weighted by molar-refractivity contribution is 0.294. The monoisotopic (exact) mass is 297 g/mol. The van der Waals surface area contributed by atoms with Crippen molar-refractivity contribution in [2.75, 3.05) is 25.0 Å². The summed E-state index contributed by atoms with van der Waals surface area (Å²) in [7, 11) is 0. The smallest absolute Gasteiger partial charge is 0.0100 e. The van der Waals surface area contributed by atoms with E-state index in [2.05, 4.69) is 65.0 Å². The average Bonchev–Trinajstić information content (AvgIpc) is 2.40. The van der Waals surface area contributed by atoms with Crippen molar-refractivity contribution in [1.29, 1.82) is 0 Å². The van der Waals surface area contributed by atoms with Gasteiger partial charge in [-0.15, -0.1) is 0 Å². The Labute approximate surface area is 114 Å². The molecule has 1 atom stereocenters. The second kappa shape index (κ2) is 8.71. The first-order valence-corrected chi connectivity index (χ1v) is 7.77. The minimum atomic E-state index is 0.659. The Balaban J connectivity index is 2.38. The van der Waals surface area contributed by atoms with Gasteiger partial charge in [0.1, 0.15) is 0 Å². The van der Waals surface area contributed by atoms with Gasteiger partial charge in [-0.2, -0.15) is 0 Å². The first kappa shape index (κ1) is 14.7. The highest BCUT2D eigenvalue weighted by molar-refractivity contribution is 9.09. The zero-order valence-corrected chi connectivity index (χ0v) is 12.6. The molecule has 0 N–H and O–H groups in total. The molecule has 1 nitrogen and oxygen atoms in total. The summed E-state index contributed by atoms with van der Waals surface area (Å²) in [6.07, 6.45) is 2.55. The van der Waals surface area contributed by atoms with Crippen LogP contribution in [0.25, 0.3) is 0 Å². The zero-order valence-electron chi connectivity index (χ0n) is 11.0. The van der Waals surface area contributed by atoms with E-state index in [1.165, 1.54) is 38.0 Å². The Morgan fingerprint density at radius 2 is 1.76 bits per heavy atom. The highest BCUT2D eigenvalue weighted by atomic mass is 79.9. The summed E-state index contributed by atoms with van der Waals surface area (Å²) in [5, 5.41) is 1.06. The Bertz CT molecular complexity index is 282. The lowest BCUT2D eigenvalue weighted by Gasteiger charge is -2.20. The normalized spacial score (nSPS) is 12.9. The Morgan fingerprint density at radius 1 is 1.12 bits per heavy atom. The Kier molecular flexibility index (Phi) is 7.54. The summed E-state index contributed by atoms with van der Waals surface area (Å²) in [6.45, 7) is 8.04. The Hall–Kier alpha value is -0.340. The molecular formula is C15H24BrN. The molecule has 0 heterocycles. The molecule has 0 saturated carbocycles. The van der Waals surface area contributed by atoms with Crippen molar-refractivity contribution in [1.82, 2.24) is 4.90 Å². The van der Waals surface area contributed by atoms with Crippen LogP contribution in [0.3, 0.4) is 0 Å². The predicted molar refractivity (Wildman–Crippen MR) is 80.0 cm³/mol. The van der Waals surface area contributed by atoms with Crippen LogP contribution in [0.1, 0.15) is 38.2 Å². The van der Waals surface area contributed by atoms with Gasteiger partial charge in [-0.1, -0.05) is 60.1 Å². The van der Waals surface area contributed by atoms with Crippen LogP contribution in [0, 0.1) is 0 Å². The summed E-state index contributed by atoms with van der Waals surface area (Å²) in [5.74, 6) is 0.659. The molecule has 1 aromatic rings. The van der Waals surface area contributed by atoms with Crippen molar-refractivity contribution < 1.29 is 0 Å². The van der Waals surface area contributed by atoms with Crippen molar-refractivity contribution >= 4 is 15.9 Å². The molecule has 96 valence electrons. The summed E-state index contributed by atoms with van der Waals surface area (Å²) in [5.41, 5.74) is 1.46. The number of benzene rings is 1. The quantitative estimate of drug-likeness (QED) is 0.647. The third-order valence-electron chi connectivity index (χ3n) is 3.38. The van der Waals surface area contributed by atoms with E-state index >= 15 is 0 Å². The second-order valence-corrected chi connectivity index (χ2v) is 5.08. The molecule has 0 aliphatic heterocycles. The van der Waals surface area contributed by atoms with Crippen LogP contribution < -0.4 is 0 Å². The molecule has 0 spiro atoms. The fourth-order valence-electron chi connectivity index (χ4n) is 2.16. The van der Waals surface area contributed by atoms with Gasteiger partial charge in [-0.3, -0.25) is 0 Å². The van der Waals surface area contributed by atoms with E-state index in [-0.39, 0.29) is 0 Å². The van der Waals surface area contributed by atoms with Gasteiger partial charge in [0.25, 0.3) is 0 Å². The van der Waals surface area contributed by atoms with E-state index in [1.54, 1.807) is 0 Å². The first-order chi connectivity index (χ1) is 8.31. The Morgan fingerprint density at radius 3 is 2.29 bits per heavy atom. The molecule has 1 rings (SSSR count). The lowest BCUT2D eigenvalue weighted by Crippen LogP contribution is -2.24. The van der Waals surface area contributed by atoms with Gasteiger partial charge in [0.2, 0.25) is 0 Å². The molecule has 1 unspecified atom stereocenters.